The van der Waals surface area contributed by atoms with E-state index in [0.717, 1.165) is 12.8 Å². The maximum Gasteiger partial charge on any atom is 0.264 e. The number of allylic oxidation sites excluding steroid dienone is 3. The number of hydrogen-bond acceptors (Lipinski definition) is 7. The van der Waals surface area contributed by atoms with Crippen LogP contribution in [0.5, 0.6) is 5.75 Å². The number of aliphatic hydroxyl groups excluding tert-OH is 1. The number of aliphatic hydroxyl groups is 1. The number of benzene rings is 2. The Morgan fingerprint density at radius 1 is 1.16 bits per heavy atom. The van der Waals surface area contributed by atoms with Gasteiger partial charge in [-0.25, -0.2) is 0 Å². The topological polar surface area (TPSA) is 119 Å². The average Bonchev–Trinajstić information content (AvgIpc) is 3.71. The molecule has 268 valence electrons. The molecule has 0 unspecified atom stereocenters. The zero-order chi connectivity index (χ0) is 36.2. The fourth-order valence-corrected chi connectivity index (χ4v) is 9.94. The van der Waals surface area contributed by atoms with Crippen LogP contribution in [0.2, 0.25) is 18.6 Å². The van der Waals surface area contributed by atoms with Gasteiger partial charge in [-0.2, -0.15) is 0 Å². The minimum Gasteiger partial charge on any atom is -0.497 e. The van der Waals surface area contributed by atoms with Gasteiger partial charge in [-0.1, -0.05) is 35.4 Å². The Balaban J connectivity index is 1.50. The van der Waals surface area contributed by atoms with E-state index in [1.54, 1.807) is 66.3 Å². The quantitative estimate of drug-likeness (QED) is 0.106. The van der Waals surface area contributed by atoms with Crippen LogP contribution < -0.4 is 15.0 Å². The summed E-state index contributed by atoms with van der Waals surface area (Å²) in [6.07, 6.45) is 8.13. The highest BCUT2D eigenvalue weighted by Crippen LogP contribution is 2.60. The van der Waals surface area contributed by atoms with Crippen molar-refractivity contribution in [1.29, 1.82) is 0 Å². The molecule has 2 amide bonds. The summed E-state index contributed by atoms with van der Waals surface area (Å²) in [5.41, 5.74) is 3.48. The van der Waals surface area contributed by atoms with E-state index in [0.29, 0.717) is 59.9 Å². The van der Waals surface area contributed by atoms with Gasteiger partial charge in [0.2, 0.25) is 8.41 Å². The normalized spacial score (nSPS) is 21.9. The highest BCUT2D eigenvalue weighted by molar-refractivity contribution is 6.72. The second-order valence-electron chi connectivity index (χ2n) is 14.2. The number of nitrogens with one attached hydrogen (secondary N) is 1. The summed E-state index contributed by atoms with van der Waals surface area (Å²) in [6.45, 7) is 12.3. The molecule has 50 heavy (non-hydrogen) atoms. The second-order valence-corrected chi connectivity index (χ2v) is 18.0. The lowest BCUT2D eigenvalue weighted by atomic mass is 9.82. The number of carbonyl (C=O) groups excluding carboxylic acids is 2. The van der Waals surface area contributed by atoms with Crippen molar-refractivity contribution < 1.29 is 28.3 Å². The van der Waals surface area contributed by atoms with E-state index >= 15 is 4.11 Å². The maximum absolute atomic E-state index is 16.4. The number of hydrogen-bond donors (Lipinski definition) is 2. The Hall–Kier alpha value is -4.13. The molecule has 5 rings (SSSR count). The molecule has 0 saturated carbocycles. The molecule has 3 heterocycles. The van der Waals surface area contributed by atoms with Gasteiger partial charge in [-0.05, 0) is 95.6 Å². The number of aromatic nitrogens is 3. The molecule has 1 aromatic heterocycles. The molecule has 0 bridgehead atoms. The Morgan fingerprint density at radius 3 is 2.56 bits per heavy atom. The number of carbonyl (C=O) groups is 2. The van der Waals surface area contributed by atoms with Crippen molar-refractivity contribution in [3.05, 3.63) is 88.8 Å². The number of aryl methyl sites for hydroxylation is 1. The van der Waals surface area contributed by atoms with Crippen molar-refractivity contribution in [1.82, 2.24) is 15.0 Å². The van der Waals surface area contributed by atoms with Crippen LogP contribution in [-0.4, -0.2) is 66.7 Å². The predicted molar refractivity (Wildman–Crippen MR) is 196 cm³/mol. The van der Waals surface area contributed by atoms with Gasteiger partial charge in [0.25, 0.3) is 11.8 Å². The van der Waals surface area contributed by atoms with Crippen molar-refractivity contribution in [2.45, 2.75) is 90.3 Å². The summed E-state index contributed by atoms with van der Waals surface area (Å²) in [5.74, 6) is -0.360. The van der Waals surface area contributed by atoms with Crippen molar-refractivity contribution in [3.63, 3.8) is 0 Å². The van der Waals surface area contributed by atoms with Gasteiger partial charge >= 0.3 is 0 Å². The van der Waals surface area contributed by atoms with Crippen LogP contribution in [0.1, 0.15) is 68.6 Å². The molecule has 0 radical (unpaired) electrons. The Kier molecular flexibility index (Phi) is 11.4. The molecule has 2 N–H and O–H groups in total. The summed E-state index contributed by atoms with van der Waals surface area (Å²) in [5, 5.41) is 20.6. The number of anilines is 2. The molecule has 3 aromatic rings. The van der Waals surface area contributed by atoms with Crippen LogP contribution in [0.25, 0.3) is 0 Å². The van der Waals surface area contributed by atoms with E-state index in [2.05, 4.69) is 48.6 Å². The number of rotatable bonds is 14. The predicted octanol–water partition coefficient (Wildman–Crippen LogP) is 6.98. The minimum atomic E-state index is -3.39. The van der Waals surface area contributed by atoms with Gasteiger partial charge < -0.3 is 28.9 Å². The summed E-state index contributed by atoms with van der Waals surface area (Å²) >= 11 is 0. The smallest absolute Gasteiger partial charge is 0.264 e. The molecule has 12 heteroatoms. The van der Waals surface area contributed by atoms with Crippen LogP contribution in [-0.2, 0) is 28.1 Å². The minimum absolute atomic E-state index is 0.0289. The lowest BCUT2D eigenvalue weighted by molar-refractivity contribution is -0.145. The number of halogens is 1. The first-order chi connectivity index (χ1) is 23.8. The van der Waals surface area contributed by atoms with Crippen molar-refractivity contribution >= 4 is 31.6 Å². The van der Waals surface area contributed by atoms with Gasteiger partial charge in [0, 0.05) is 60.6 Å². The van der Waals surface area contributed by atoms with Gasteiger partial charge in [0.15, 0.2) is 5.60 Å². The number of methoxy groups -OCH3 is 1. The zero-order valence-electron chi connectivity index (χ0n) is 30.2. The summed E-state index contributed by atoms with van der Waals surface area (Å²) in [4.78, 5) is 29.8. The average molecular weight is 704 g/mol. The van der Waals surface area contributed by atoms with Crippen LogP contribution in [0, 0.1) is 5.92 Å². The largest absolute Gasteiger partial charge is 0.497 e. The molecule has 0 aliphatic carbocycles. The van der Waals surface area contributed by atoms with E-state index in [9.17, 15) is 14.7 Å². The molecule has 2 aromatic carbocycles. The molecule has 1 spiro atoms. The highest BCUT2D eigenvalue weighted by Gasteiger charge is 2.66. The maximum atomic E-state index is 16.4. The third-order valence-corrected chi connectivity index (χ3v) is 12.3. The summed E-state index contributed by atoms with van der Waals surface area (Å²) in [6, 6.07) is 12.3. The fraction of sp³-hybridized carbons (Fsp3) is 0.474. The van der Waals surface area contributed by atoms with E-state index in [1.165, 1.54) is 11.1 Å². The SMILES string of the molecule is COc1ccc(C(=O)Nc2ccc3c(c2)[C@]2(O[C@@H](CCn4cc(CCO)nn4)[C@H]([Si](C)(C)F)[C@H]2C)C(=O)N3C/C=C(\C)CCC=C(C)C)cc1. The van der Waals surface area contributed by atoms with Gasteiger partial charge in [0.05, 0.1) is 24.6 Å². The molecule has 1 saturated heterocycles. The standard InChI is InChI=1S/C38H50FN5O5Si/c1-25(2)9-8-10-26(3)17-21-44-33-16-13-29(40-36(46)28-11-14-31(48-5)15-12-28)23-32(33)38(37(44)47)27(4)35(50(6,7)39)34(49-38)18-20-43-24-30(19-22-45)41-42-43/h9,11-17,23-24,27,34-35,45H,8,10,18-22H2,1-7H3,(H,40,46)/b26-17+/t27-,34+,35-,38+/m1/s1. The highest BCUT2D eigenvalue weighted by atomic mass is 28.4. The van der Waals surface area contributed by atoms with E-state index in [-0.39, 0.29) is 18.4 Å². The third kappa shape index (κ3) is 7.77. The third-order valence-electron chi connectivity index (χ3n) is 9.88. The number of amides is 2. The molecule has 10 nitrogen and oxygen atoms in total. The van der Waals surface area contributed by atoms with E-state index in [4.69, 9.17) is 9.47 Å². The first kappa shape index (κ1) is 37.1. The van der Waals surface area contributed by atoms with Gasteiger partial charge in [-0.15, -0.1) is 5.10 Å². The molecule has 2 aliphatic heterocycles. The molecule has 2 aliphatic rings. The number of nitrogens with zero attached hydrogens (tertiary/aromatic N) is 4. The van der Waals surface area contributed by atoms with Crippen molar-refractivity contribution in [3.8, 4) is 5.75 Å². The molecule has 4 atom stereocenters. The van der Waals surface area contributed by atoms with Gasteiger partial charge in [-0.3, -0.25) is 14.3 Å². The van der Waals surface area contributed by atoms with E-state index < -0.39 is 31.6 Å². The zero-order valence-corrected chi connectivity index (χ0v) is 31.2. The van der Waals surface area contributed by atoms with Crippen LogP contribution in [0.4, 0.5) is 15.5 Å². The van der Waals surface area contributed by atoms with Crippen molar-refractivity contribution in [2.24, 2.45) is 5.92 Å². The number of fused-ring (bicyclic) bond motifs is 2. The summed E-state index contributed by atoms with van der Waals surface area (Å²) < 4.78 is 30.2. The first-order valence-corrected chi connectivity index (χ1v) is 20.3. The molecule has 1 fully saturated rings. The van der Waals surface area contributed by atoms with Crippen LogP contribution >= 0.6 is 0 Å². The Labute approximate surface area is 295 Å². The lowest BCUT2D eigenvalue weighted by Gasteiger charge is -2.31. The Morgan fingerprint density at radius 2 is 1.90 bits per heavy atom. The second kappa shape index (κ2) is 15.4. The Bertz CT molecular complexity index is 1750. The molecular formula is C38H50FN5O5Si. The number of ether oxygens (including phenoxy) is 2. The molecular weight excluding hydrogens is 654 g/mol. The first-order valence-electron chi connectivity index (χ1n) is 17.4. The van der Waals surface area contributed by atoms with Crippen molar-refractivity contribution in [2.75, 3.05) is 30.5 Å². The summed E-state index contributed by atoms with van der Waals surface area (Å²) in [7, 11) is -1.82. The van der Waals surface area contributed by atoms with E-state index in [1.807, 2.05) is 19.1 Å². The fourth-order valence-electron chi connectivity index (χ4n) is 7.40. The van der Waals surface area contributed by atoms with Crippen LogP contribution in [0.15, 0.2) is 72.0 Å². The lowest BCUT2D eigenvalue weighted by Crippen LogP contribution is -2.45. The van der Waals surface area contributed by atoms with Gasteiger partial charge in [0.1, 0.15) is 5.75 Å². The monoisotopic (exact) mass is 703 g/mol. The van der Waals surface area contributed by atoms with Crippen LogP contribution in [0.3, 0.4) is 0 Å².